The fourth-order valence-corrected chi connectivity index (χ4v) is 3.42. The van der Waals surface area contributed by atoms with Crippen LogP contribution in [0.1, 0.15) is 20.8 Å². The molecule has 0 aliphatic carbocycles. The predicted octanol–water partition coefficient (Wildman–Crippen LogP) is 3.12. The molecule has 1 amide bonds. The van der Waals surface area contributed by atoms with Crippen molar-refractivity contribution in [2.75, 3.05) is 31.4 Å². The number of thiophene rings is 1. The number of nitro groups is 1. The number of amides is 1. The lowest BCUT2D eigenvalue weighted by atomic mass is 10.1. The minimum atomic E-state index is -0.537. The molecule has 0 saturated heterocycles. The summed E-state index contributed by atoms with van der Waals surface area (Å²) < 4.78 is 9.91. The number of carbonyl (C=O) groups excluding carboxylic acids is 2. The van der Waals surface area contributed by atoms with E-state index in [2.05, 4.69) is 10.6 Å². The lowest BCUT2D eigenvalue weighted by Gasteiger charge is -2.11. The van der Waals surface area contributed by atoms with E-state index in [9.17, 15) is 19.7 Å². The van der Waals surface area contributed by atoms with Crippen molar-refractivity contribution >= 4 is 39.6 Å². The average molecular weight is 393 g/mol. The highest BCUT2D eigenvalue weighted by atomic mass is 32.1. The molecular formula is C17H19N3O6S. The monoisotopic (exact) mass is 393 g/mol. The van der Waals surface area contributed by atoms with E-state index in [1.54, 1.807) is 6.92 Å². The highest BCUT2D eigenvalue weighted by Gasteiger charge is 2.21. The second-order valence-corrected chi connectivity index (χ2v) is 6.75. The van der Waals surface area contributed by atoms with Gasteiger partial charge in [-0.3, -0.25) is 14.9 Å². The summed E-state index contributed by atoms with van der Waals surface area (Å²) in [5.74, 6) is -0.582. The number of aryl methyl sites for hydroxylation is 1. The van der Waals surface area contributed by atoms with Gasteiger partial charge >= 0.3 is 5.97 Å². The topological polar surface area (TPSA) is 120 Å². The van der Waals surface area contributed by atoms with Crippen molar-refractivity contribution in [3.05, 3.63) is 44.3 Å². The van der Waals surface area contributed by atoms with E-state index >= 15 is 0 Å². The maximum Gasteiger partial charge on any atom is 0.341 e. The molecule has 2 N–H and O–H groups in total. The zero-order valence-electron chi connectivity index (χ0n) is 15.2. The van der Waals surface area contributed by atoms with E-state index in [0.717, 1.165) is 10.4 Å². The highest BCUT2D eigenvalue weighted by molar-refractivity contribution is 7.16. The maximum absolute atomic E-state index is 12.3. The predicted molar refractivity (Wildman–Crippen MR) is 102 cm³/mol. The first kappa shape index (κ1) is 20.2. The molecule has 1 aromatic carbocycles. The summed E-state index contributed by atoms with van der Waals surface area (Å²) in [5.41, 5.74) is 1.25. The Morgan fingerprint density at radius 2 is 1.96 bits per heavy atom. The molecule has 0 spiro atoms. The first-order valence-electron chi connectivity index (χ1n) is 7.83. The van der Waals surface area contributed by atoms with Crippen LogP contribution in [0, 0.1) is 24.0 Å². The normalized spacial score (nSPS) is 10.2. The van der Waals surface area contributed by atoms with Gasteiger partial charge < -0.3 is 20.1 Å². The molecule has 0 aliphatic rings. The Labute approximate surface area is 159 Å². The summed E-state index contributed by atoms with van der Waals surface area (Å²) in [7, 11) is 2.70. The van der Waals surface area contributed by atoms with Crippen LogP contribution in [0.2, 0.25) is 0 Å². The number of carbonyl (C=O) groups is 2. The van der Waals surface area contributed by atoms with Crippen molar-refractivity contribution < 1.29 is 24.0 Å². The zero-order valence-corrected chi connectivity index (χ0v) is 16.1. The van der Waals surface area contributed by atoms with Crippen LogP contribution in [0.4, 0.5) is 16.4 Å². The summed E-state index contributed by atoms with van der Waals surface area (Å²) in [6.45, 7) is 3.45. The maximum atomic E-state index is 12.3. The number of hydrogen-bond donors (Lipinski definition) is 2. The lowest BCUT2D eigenvalue weighted by Crippen LogP contribution is -2.22. The van der Waals surface area contributed by atoms with Crippen LogP contribution in [0.5, 0.6) is 5.75 Å². The van der Waals surface area contributed by atoms with Gasteiger partial charge in [0.15, 0.2) is 0 Å². The van der Waals surface area contributed by atoms with E-state index in [-0.39, 0.29) is 12.2 Å². The van der Waals surface area contributed by atoms with Gasteiger partial charge in [0, 0.05) is 17.0 Å². The molecule has 0 saturated carbocycles. The lowest BCUT2D eigenvalue weighted by molar-refractivity contribution is -0.384. The van der Waals surface area contributed by atoms with Crippen LogP contribution >= 0.6 is 11.3 Å². The third-order valence-corrected chi connectivity index (χ3v) is 4.98. The smallest absolute Gasteiger partial charge is 0.341 e. The molecule has 0 atom stereocenters. The first-order chi connectivity index (χ1) is 12.8. The van der Waals surface area contributed by atoms with E-state index < -0.39 is 16.8 Å². The van der Waals surface area contributed by atoms with Gasteiger partial charge in [-0.15, -0.1) is 11.3 Å². The van der Waals surface area contributed by atoms with Gasteiger partial charge in [-0.25, -0.2) is 4.79 Å². The van der Waals surface area contributed by atoms with Gasteiger partial charge in [0.05, 0.1) is 36.9 Å². The van der Waals surface area contributed by atoms with Crippen LogP contribution in [0.3, 0.4) is 0 Å². The van der Waals surface area contributed by atoms with Crippen LogP contribution in [-0.2, 0) is 9.53 Å². The van der Waals surface area contributed by atoms with Crippen molar-refractivity contribution in [1.82, 2.24) is 0 Å². The fourth-order valence-electron chi connectivity index (χ4n) is 2.36. The Balaban J connectivity index is 2.14. The number of nitro benzene ring substituents is 1. The molecule has 1 aromatic heterocycles. The molecule has 2 aromatic rings. The Hall–Kier alpha value is -3.14. The molecule has 27 heavy (non-hydrogen) atoms. The Bertz CT molecular complexity index is 893. The number of rotatable bonds is 7. The number of anilines is 2. The van der Waals surface area contributed by atoms with E-state index in [1.165, 1.54) is 43.8 Å². The van der Waals surface area contributed by atoms with Gasteiger partial charge in [0.25, 0.3) is 5.69 Å². The van der Waals surface area contributed by atoms with E-state index in [0.29, 0.717) is 22.0 Å². The average Bonchev–Trinajstić information content (AvgIpc) is 2.92. The first-order valence-corrected chi connectivity index (χ1v) is 8.64. The van der Waals surface area contributed by atoms with Crippen molar-refractivity contribution in [3.8, 4) is 5.75 Å². The molecule has 9 nitrogen and oxygen atoms in total. The minimum Gasteiger partial charge on any atom is -0.495 e. The number of methoxy groups -OCH3 is 2. The third kappa shape index (κ3) is 4.53. The standard InChI is InChI=1S/C17H19N3O6S/c1-9-10(2)27-16(15(9)17(22)26-4)19-14(21)8-18-12-7-11(20(23)24)5-6-13(12)25-3/h5-7,18H,8H2,1-4H3,(H,19,21). The van der Waals surface area contributed by atoms with Crippen molar-refractivity contribution in [2.24, 2.45) is 0 Å². The summed E-state index contributed by atoms with van der Waals surface area (Å²) in [4.78, 5) is 35.5. The summed E-state index contributed by atoms with van der Waals surface area (Å²) >= 11 is 1.27. The number of benzene rings is 1. The molecule has 0 fully saturated rings. The van der Waals surface area contributed by atoms with Crippen molar-refractivity contribution in [2.45, 2.75) is 13.8 Å². The number of non-ortho nitro benzene ring substituents is 1. The van der Waals surface area contributed by atoms with Crippen LogP contribution in [-0.4, -0.2) is 37.6 Å². The number of ether oxygens (including phenoxy) is 2. The van der Waals surface area contributed by atoms with Crippen LogP contribution in [0.15, 0.2) is 18.2 Å². The second kappa shape index (κ2) is 8.49. The molecule has 144 valence electrons. The number of nitrogens with one attached hydrogen (secondary N) is 2. The summed E-state index contributed by atoms with van der Waals surface area (Å²) in [6, 6.07) is 4.04. The van der Waals surface area contributed by atoms with E-state index in [1.807, 2.05) is 6.92 Å². The molecule has 10 heteroatoms. The second-order valence-electron chi connectivity index (χ2n) is 5.52. The summed E-state index contributed by atoms with van der Waals surface area (Å²) in [5, 5.41) is 16.8. The molecule has 0 bridgehead atoms. The highest BCUT2D eigenvalue weighted by Crippen LogP contribution is 2.33. The van der Waals surface area contributed by atoms with Crippen molar-refractivity contribution in [3.63, 3.8) is 0 Å². The van der Waals surface area contributed by atoms with Gasteiger partial charge in [-0.05, 0) is 25.5 Å². The Morgan fingerprint density at radius 1 is 1.26 bits per heavy atom. The largest absolute Gasteiger partial charge is 0.495 e. The van der Waals surface area contributed by atoms with Gasteiger partial charge in [-0.1, -0.05) is 0 Å². The minimum absolute atomic E-state index is 0.129. The fraction of sp³-hybridized carbons (Fsp3) is 0.294. The molecule has 0 unspecified atom stereocenters. The molecule has 2 rings (SSSR count). The van der Waals surface area contributed by atoms with Gasteiger partial charge in [0.1, 0.15) is 10.8 Å². The van der Waals surface area contributed by atoms with Gasteiger partial charge in [0.2, 0.25) is 5.91 Å². The number of nitrogens with zero attached hydrogens (tertiary/aromatic N) is 1. The van der Waals surface area contributed by atoms with Crippen LogP contribution < -0.4 is 15.4 Å². The Kier molecular flexibility index (Phi) is 6.35. The van der Waals surface area contributed by atoms with Crippen LogP contribution in [0.25, 0.3) is 0 Å². The summed E-state index contributed by atoms with van der Waals surface area (Å²) in [6.07, 6.45) is 0. The van der Waals surface area contributed by atoms with Crippen molar-refractivity contribution in [1.29, 1.82) is 0 Å². The van der Waals surface area contributed by atoms with E-state index in [4.69, 9.17) is 9.47 Å². The number of hydrogen-bond acceptors (Lipinski definition) is 8. The van der Waals surface area contributed by atoms with Gasteiger partial charge in [-0.2, -0.15) is 0 Å². The SMILES string of the molecule is COC(=O)c1c(NC(=O)CNc2cc([N+](=O)[O-])ccc2OC)sc(C)c1C. The zero-order chi connectivity index (χ0) is 20.1. The Morgan fingerprint density at radius 3 is 2.56 bits per heavy atom. The molecule has 0 radical (unpaired) electrons. The number of esters is 1. The third-order valence-electron chi connectivity index (χ3n) is 3.86. The molecule has 0 aliphatic heterocycles. The molecular weight excluding hydrogens is 374 g/mol. The quantitative estimate of drug-likeness (QED) is 0.421. The molecule has 1 heterocycles.